The number of anilines is 1. The molecule has 17 heavy (non-hydrogen) atoms. The number of halogens is 3. The molecule has 0 aliphatic carbocycles. The van der Waals surface area contributed by atoms with Crippen LogP contribution >= 0.6 is 11.6 Å². The minimum atomic E-state index is -2.58. The number of alkyl halides is 2. The molecule has 0 unspecified atom stereocenters. The van der Waals surface area contributed by atoms with E-state index in [0.29, 0.717) is 19.0 Å². The Labute approximate surface area is 103 Å². The van der Waals surface area contributed by atoms with Gasteiger partial charge >= 0.3 is 6.01 Å². The number of hydrogen-bond donors (Lipinski definition) is 0. The van der Waals surface area contributed by atoms with E-state index in [-0.39, 0.29) is 11.3 Å². The van der Waals surface area contributed by atoms with Gasteiger partial charge in [0.05, 0.1) is 0 Å². The van der Waals surface area contributed by atoms with Gasteiger partial charge in [-0.05, 0) is 25.4 Å². The molecule has 0 saturated carbocycles. The van der Waals surface area contributed by atoms with Gasteiger partial charge in [-0.3, -0.25) is 0 Å². The van der Waals surface area contributed by atoms with Crippen molar-refractivity contribution < 1.29 is 13.5 Å². The summed E-state index contributed by atoms with van der Waals surface area (Å²) < 4.78 is 28.7. The first-order chi connectivity index (χ1) is 8.06. The third kappa shape index (κ3) is 4.26. The van der Waals surface area contributed by atoms with Crippen molar-refractivity contribution in [3.8, 4) is 6.01 Å². The van der Waals surface area contributed by atoms with Gasteiger partial charge in [-0.15, -0.1) is 0 Å². The maximum absolute atomic E-state index is 12.0. The number of aromatic nitrogens is 3. The lowest BCUT2D eigenvalue weighted by molar-refractivity contribution is 0.0769. The van der Waals surface area contributed by atoms with E-state index in [4.69, 9.17) is 16.3 Å². The lowest BCUT2D eigenvalue weighted by Crippen LogP contribution is -2.25. The van der Waals surface area contributed by atoms with Crippen LogP contribution in [-0.2, 0) is 0 Å². The van der Waals surface area contributed by atoms with Crippen LogP contribution in [0.5, 0.6) is 6.01 Å². The smallest absolute Gasteiger partial charge is 0.322 e. The van der Waals surface area contributed by atoms with E-state index >= 15 is 0 Å². The number of hydrogen-bond acceptors (Lipinski definition) is 5. The molecule has 0 aromatic carbocycles. The van der Waals surface area contributed by atoms with Crippen LogP contribution in [0.3, 0.4) is 0 Å². The Morgan fingerprint density at radius 2 is 1.88 bits per heavy atom. The van der Waals surface area contributed by atoms with Gasteiger partial charge in [0.1, 0.15) is 0 Å². The van der Waals surface area contributed by atoms with Crippen LogP contribution in [0.15, 0.2) is 0 Å². The topological polar surface area (TPSA) is 51.1 Å². The summed E-state index contributed by atoms with van der Waals surface area (Å²) in [5.41, 5.74) is 0. The molecule has 0 radical (unpaired) electrons. The lowest BCUT2D eigenvalue weighted by atomic mass is 10.5. The third-order valence-corrected chi connectivity index (χ3v) is 2.13. The Kier molecular flexibility index (Phi) is 5.27. The minimum absolute atomic E-state index is 0.0776. The van der Waals surface area contributed by atoms with Gasteiger partial charge in [-0.1, -0.05) is 0 Å². The first-order valence-electron chi connectivity index (χ1n) is 5.14. The molecule has 0 fully saturated rings. The fourth-order valence-electron chi connectivity index (χ4n) is 1.17. The average molecular weight is 267 g/mol. The summed E-state index contributed by atoms with van der Waals surface area (Å²) in [4.78, 5) is 13.2. The molecule has 96 valence electrons. The van der Waals surface area contributed by atoms with Crippen LogP contribution in [0.2, 0.25) is 5.28 Å². The zero-order valence-electron chi connectivity index (χ0n) is 9.53. The van der Waals surface area contributed by atoms with E-state index in [1.807, 2.05) is 18.7 Å². The lowest BCUT2D eigenvalue weighted by Gasteiger charge is -2.18. The fraction of sp³-hybridized carbons (Fsp3) is 0.667. The van der Waals surface area contributed by atoms with Gasteiger partial charge in [-0.2, -0.15) is 15.0 Å². The summed E-state index contributed by atoms with van der Waals surface area (Å²) in [5, 5.41) is -0.0776. The molecule has 0 amide bonds. The van der Waals surface area contributed by atoms with Crippen LogP contribution in [0, 0.1) is 0 Å². The predicted molar refractivity (Wildman–Crippen MR) is 59.9 cm³/mol. The molecule has 0 spiro atoms. The molecular formula is C9H13ClF2N4O. The quantitative estimate of drug-likeness (QED) is 0.788. The summed E-state index contributed by atoms with van der Waals surface area (Å²) >= 11 is 5.67. The molecule has 0 aliphatic heterocycles. The molecule has 0 bridgehead atoms. The molecule has 0 aliphatic rings. The second kappa shape index (κ2) is 6.48. The Hall–Kier alpha value is -1.24. The van der Waals surface area contributed by atoms with Crippen molar-refractivity contribution >= 4 is 17.5 Å². The van der Waals surface area contributed by atoms with E-state index < -0.39 is 13.0 Å². The first kappa shape index (κ1) is 13.8. The molecule has 8 heteroatoms. The van der Waals surface area contributed by atoms with Crippen molar-refractivity contribution in [2.75, 3.05) is 24.6 Å². The third-order valence-electron chi connectivity index (χ3n) is 1.96. The van der Waals surface area contributed by atoms with Crippen LogP contribution in [0.25, 0.3) is 0 Å². The predicted octanol–water partition coefficient (Wildman–Crippen LogP) is 2.02. The second-order valence-electron chi connectivity index (χ2n) is 3.06. The molecular weight excluding hydrogens is 254 g/mol. The number of rotatable bonds is 6. The van der Waals surface area contributed by atoms with E-state index in [1.54, 1.807) is 0 Å². The van der Waals surface area contributed by atoms with Crippen molar-refractivity contribution in [3.63, 3.8) is 0 Å². The van der Waals surface area contributed by atoms with E-state index in [0.717, 1.165) is 0 Å². The Morgan fingerprint density at radius 3 is 2.41 bits per heavy atom. The van der Waals surface area contributed by atoms with Gasteiger partial charge in [-0.25, -0.2) is 8.78 Å². The van der Waals surface area contributed by atoms with Gasteiger partial charge in [0.15, 0.2) is 6.61 Å². The van der Waals surface area contributed by atoms with E-state index in [2.05, 4.69) is 15.0 Å². The van der Waals surface area contributed by atoms with Crippen molar-refractivity contribution in [3.05, 3.63) is 5.28 Å². The molecule has 5 nitrogen and oxygen atoms in total. The Bertz CT molecular complexity index is 363. The summed E-state index contributed by atoms with van der Waals surface area (Å²) in [6, 6.07) is -0.188. The summed E-state index contributed by atoms with van der Waals surface area (Å²) in [5.74, 6) is 0.319. The highest BCUT2D eigenvalue weighted by Crippen LogP contribution is 2.15. The van der Waals surface area contributed by atoms with Crippen LogP contribution in [0.4, 0.5) is 14.7 Å². The second-order valence-corrected chi connectivity index (χ2v) is 3.40. The molecule has 1 aromatic rings. The van der Waals surface area contributed by atoms with Crippen LogP contribution < -0.4 is 9.64 Å². The monoisotopic (exact) mass is 266 g/mol. The molecule has 1 rings (SSSR count). The highest BCUT2D eigenvalue weighted by atomic mass is 35.5. The molecule has 1 heterocycles. The maximum atomic E-state index is 12.0. The van der Waals surface area contributed by atoms with Gasteiger partial charge in [0, 0.05) is 13.1 Å². The van der Waals surface area contributed by atoms with Crippen molar-refractivity contribution in [1.29, 1.82) is 0 Å². The highest BCUT2D eigenvalue weighted by Gasteiger charge is 2.12. The standard InChI is InChI=1S/C9H13ClF2N4O/c1-3-16(4-2)8-13-7(10)14-9(15-8)17-5-6(11)12/h6H,3-5H2,1-2H3. The van der Waals surface area contributed by atoms with Crippen molar-refractivity contribution in [1.82, 2.24) is 15.0 Å². The number of nitrogens with zero attached hydrogens (tertiary/aromatic N) is 4. The molecule has 0 atom stereocenters. The Balaban J connectivity index is 2.85. The largest absolute Gasteiger partial charge is 0.457 e. The fourth-order valence-corrected chi connectivity index (χ4v) is 1.32. The van der Waals surface area contributed by atoms with Gasteiger partial charge in [0.25, 0.3) is 6.43 Å². The van der Waals surface area contributed by atoms with Crippen molar-refractivity contribution in [2.45, 2.75) is 20.3 Å². The number of ether oxygens (including phenoxy) is 1. The zero-order chi connectivity index (χ0) is 12.8. The van der Waals surface area contributed by atoms with E-state index in [9.17, 15) is 8.78 Å². The minimum Gasteiger partial charge on any atom is -0.457 e. The van der Waals surface area contributed by atoms with Gasteiger partial charge < -0.3 is 9.64 Å². The SMILES string of the molecule is CCN(CC)c1nc(Cl)nc(OCC(F)F)n1. The zero-order valence-corrected chi connectivity index (χ0v) is 10.3. The first-order valence-corrected chi connectivity index (χ1v) is 5.52. The van der Waals surface area contributed by atoms with Crippen molar-refractivity contribution in [2.24, 2.45) is 0 Å². The molecule has 0 N–H and O–H groups in total. The van der Waals surface area contributed by atoms with Crippen LogP contribution in [0.1, 0.15) is 13.8 Å². The highest BCUT2D eigenvalue weighted by molar-refractivity contribution is 6.28. The summed E-state index contributed by atoms with van der Waals surface area (Å²) in [6.45, 7) is 4.41. The normalized spacial score (nSPS) is 10.7. The Morgan fingerprint density at radius 1 is 1.24 bits per heavy atom. The summed E-state index contributed by atoms with van der Waals surface area (Å²) in [6.07, 6.45) is -2.58. The maximum Gasteiger partial charge on any atom is 0.322 e. The molecule has 1 aromatic heterocycles. The van der Waals surface area contributed by atoms with E-state index in [1.165, 1.54) is 0 Å². The summed E-state index contributed by atoms with van der Waals surface area (Å²) in [7, 11) is 0. The van der Waals surface area contributed by atoms with Gasteiger partial charge in [0.2, 0.25) is 11.2 Å². The molecule has 0 saturated heterocycles. The average Bonchev–Trinajstić information content (AvgIpc) is 2.27. The van der Waals surface area contributed by atoms with Crippen LogP contribution in [-0.4, -0.2) is 41.1 Å².